The molecule has 4 aliphatic rings. The summed E-state index contributed by atoms with van der Waals surface area (Å²) in [5.74, 6) is 3.08. The van der Waals surface area contributed by atoms with Crippen LogP contribution in [0.4, 0.5) is 0 Å². The number of ether oxygens (including phenoxy) is 1. The first-order valence-electron chi connectivity index (χ1n) is 10.3. The lowest BCUT2D eigenvalue weighted by Crippen LogP contribution is -2.61. The molecule has 4 fully saturated rings. The molecule has 1 atom stereocenters. The van der Waals surface area contributed by atoms with Crippen molar-refractivity contribution in [2.45, 2.75) is 70.4 Å². The van der Waals surface area contributed by atoms with Crippen LogP contribution < -0.4 is 15.4 Å². The number of rotatable bonds is 5. The van der Waals surface area contributed by atoms with Crippen molar-refractivity contribution in [2.24, 2.45) is 17.8 Å². The van der Waals surface area contributed by atoms with Gasteiger partial charge in [0.25, 0.3) is 5.91 Å². The van der Waals surface area contributed by atoms with Crippen molar-refractivity contribution >= 4 is 23.2 Å². The first-order valence-corrected chi connectivity index (χ1v) is 10.8. The number of benzene rings is 1. The molecule has 4 saturated carbocycles. The zero-order valence-corrected chi connectivity index (χ0v) is 17.1. The molecule has 5 heteroatoms. The summed E-state index contributed by atoms with van der Waals surface area (Å²) >= 11 is 5.51. The Bertz CT molecular complexity index is 697. The van der Waals surface area contributed by atoms with E-state index in [9.17, 15) is 4.79 Å². The van der Waals surface area contributed by atoms with E-state index < -0.39 is 0 Å². The van der Waals surface area contributed by atoms with E-state index in [4.69, 9.17) is 17.0 Å². The third kappa shape index (κ3) is 4.13. The maximum atomic E-state index is 12.7. The smallest absolute Gasteiger partial charge is 0.257 e. The van der Waals surface area contributed by atoms with E-state index in [1.807, 2.05) is 19.1 Å². The van der Waals surface area contributed by atoms with Crippen LogP contribution in [0.1, 0.15) is 69.2 Å². The van der Waals surface area contributed by atoms with Crippen molar-refractivity contribution in [3.05, 3.63) is 29.8 Å². The van der Waals surface area contributed by atoms with Crippen LogP contribution in [0.5, 0.6) is 5.75 Å². The second-order valence-electron chi connectivity index (χ2n) is 8.97. The Kier molecular flexibility index (Phi) is 5.15. The van der Waals surface area contributed by atoms with Crippen LogP contribution >= 0.6 is 12.2 Å². The molecule has 1 aromatic carbocycles. The number of amides is 1. The van der Waals surface area contributed by atoms with Crippen molar-refractivity contribution in [1.29, 1.82) is 0 Å². The number of thiocarbonyl (C=S) groups is 1. The maximum Gasteiger partial charge on any atom is 0.257 e. The highest BCUT2D eigenvalue weighted by Gasteiger charge is 2.51. The fourth-order valence-corrected chi connectivity index (χ4v) is 6.05. The zero-order chi connectivity index (χ0) is 19.0. The molecule has 2 N–H and O–H groups in total. The summed E-state index contributed by atoms with van der Waals surface area (Å²) in [6.07, 6.45) is 8.83. The van der Waals surface area contributed by atoms with Crippen LogP contribution in [-0.4, -0.2) is 22.7 Å². The molecule has 0 aliphatic heterocycles. The van der Waals surface area contributed by atoms with Crippen LogP contribution in [0.2, 0.25) is 0 Å². The van der Waals surface area contributed by atoms with Crippen molar-refractivity contribution in [3.63, 3.8) is 0 Å². The number of hydrogen-bond donors (Lipinski definition) is 2. The van der Waals surface area contributed by atoms with E-state index in [0.717, 1.165) is 29.9 Å². The van der Waals surface area contributed by atoms with Crippen molar-refractivity contribution in [3.8, 4) is 5.75 Å². The Hall–Kier alpha value is -1.62. The van der Waals surface area contributed by atoms with Gasteiger partial charge in [-0.2, -0.15) is 0 Å². The van der Waals surface area contributed by atoms with E-state index in [1.54, 1.807) is 12.1 Å². The Labute approximate surface area is 167 Å². The molecule has 0 heterocycles. The SMILES string of the molecule is CC[C@@H](C)Oc1cccc(C(=O)NC(=S)NC23CC4CC(CC(C4)C2)C3)c1. The number of hydrogen-bond acceptors (Lipinski definition) is 3. The van der Waals surface area contributed by atoms with Gasteiger partial charge in [0.15, 0.2) is 5.11 Å². The largest absolute Gasteiger partial charge is 0.491 e. The molecule has 4 bridgehead atoms. The number of nitrogens with one attached hydrogen (secondary N) is 2. The molecule has 27 heavy (non-hydrogen) atoms. The third-order valence-electron chi connectivity index (χ3n) is 6.65. The van der Waals surface area contributed by atoms with Gasteiger partial charge in [0.1, 0.15) is 5.75 Å². The van der Waals surface area contributed by atoms with Gasteiger partial charge in [0.2, 0.25) is 0 Å². The lowest BCUT2D eigenvalue weighted by molar-refractivity contribution is -0.0101. The molecule has 0 saturated heterocycles. The normalized spacial score (nSPS) is 32.0. The summed E-state index contributed by atoms with van der Waals surface area (Å²) in [6, 6.07) is 7.32. The minimum Gasteiger partial charge on any atom is -0.491 e. The summed E-state index contributed by atoms with van der Waals surface area (Å²) in [4.78, 5) is 12.7. The fraction of sp³-hybridized carbons (Fsp3) is 0.636. The highest BCUT2D eigenvalue weighted by molar-refractivity contribution is 7.80. The van der Waals surface area contributed by atoms with Crippen LogP contribution in [-0.2, 0) is 0 Å². The Morgan fingerprint density at radius 3 is 2.44 bits per heavy atom. The lowest BCUT2D eigenvalue weighted by Gasteiger charge is -2.57. The molecular formula is C22H30N2O2S. The molecule has 0 radical (unpaired) electrons. The highest BCUT2D eigenvalue weighted by atomic mass is 32.1. The van der Waals surface area contributed by atoms with Gasteiger partial charge < -0.3 is 10.1 Å². The van der Waals surface area contributed by atoms with Gasteiger partial charge in [-0.05, 0) is 100 Å². The molecule has 5 rings (SSSR count). The number of carbonyl (C=O) groups is 1. The fourth-order valence-electron chi connectivity index (χ4n) is 5.74. The van der Waals surface area contributed by atoms with E-state index in [1.165, 1.54) is 38.5 Å². The van der Waals surface area contributed by atoms with E-state index >= 15 is 0 Å². The van der Waals surface area contributed by atoms with Gasteiger partial charge in [0.05, 0.1) is 6.10 Å². The van der Waals surface area contributed by atoms with Gasteiger partial charge in [-0.1, -0.05) is 13.0 Å². The monoisotopic (exact) mass is 386 g/mol. The maximum absolute atomic E-state index is 12.7. The highest BCUT2D eigenvalue weighted by Crippen LogP contribution is 2.55. The molecule has 1 aromatic rings. The summed E-state index contributed by atoms with van der Waals surface area (Å²) in [5.41, 5.74) is 0.686. The number of carbonyl (C=O) groups excluding carboxylic acids is 1. The predicted octanol–water partition coefficient (Wildman–Crippen LogP) is 4.44. The van der Waals surface area contributed by atoms with Crippen LogP contribution in [0, 0.1) is 17.8 Å². The van der Waals surface area contributed by atoms with Crippen molar-refractivity contribution in [1.82, 2.24) is 10.6 Å². The molecule has 4 nitrogen and oxygen atoms in total. The van der Waals surface area contributed by atoms with Crippen LogP contribution in [0.15, 0.2) is 24.3 Å². The summed E-state index contributed by atoms with van der Waals surface area (Å²) in [6.45, 7) is 4.10. The van der Waals surface area contributed by atoms with E-state index in [2.05, 4.69) is 17.6 Å². The average Bonchev–Trinajstić information content (AvgIpc) is 2.60. The van der Waals surface area contributed by atoms with Gasteiger partial charge in [-0.25, -0.2) is 0 Å². The molecule has 0 unspecified atom stereocenters. The van der Waals surface area contributed by atoms with Crippen molar-refractivity contribution in [2.75, 3.05) is 0 Å². The van der Waals surface area contributed by atoms with Gasteiger partial charge >= 0.3 is 0 Å². The molecule has 4 aliphatic carbocycles. The quantitative estimate of drug-likeness (QED) is 0.735. The summed E-state index contributed by atoms with van der Waals surface area (Å²) < 4.78 is 5.82. The third-order valence-corrected chi connectivity index (χ3v) is 6.86. The predicted molar refractivity (Wildman–Crippen MR) is 111 cm³/mol. The molecule has 0 aromatic heterocycles. The van der Waals surface area contributed by atoms with E-state index in [0.29, 0.717) is 10.7 Å². The molecular weight excluding hydrogens is 356 g/mol. The zero-order valence-electron chi connectivity index (χ0n) is 16.3. The first-order chi connectivity index (χ1) is 12.9. The minimum atomic E-state index is -0.174. The topological polar surface area (TPSA) is 50.4 Å². The second-order valence-corrected chi connectivity index (χ2v) is 9.38. The first kappa shape index (κ1) is 18.7. The summed E-state index contributed by atoms with van der Waals surface area (Å²) in [5, 5.41) is 6.91. The average molecular weight is 387 g/mol. The van der Waals surface area contributed by atoms with Crippen LogP contribution in [0.25, 0.3) is 0 Å². The van der Waals surface area contributed by atoms with Crippen LogP contribution in [0.3, 0.4) is 0 Å². The van der Waals surface area contributed by atoms with E-state index in [-0.39, 0.29) is 17.6 Å². The Morgan fingerprint density at radius 2 is 1.85 bits per heavy atom. The van der Waals surface area contributed by atoms with Gasteiger partial charge in [0, 0.05) is 11.1 Å². The molecule has 0 spiro atoms. The standard InChI is InChI=1S/C22H30N2O2S/c1-3-14(2)26-19-6-4-5-18(10-19)20(25)23-21(27)24-22-11-15-7-16(12-22)9-17(8-15)13-22/h4-6,10,14-17H,3,7-9,11-13H2,1-2H3,(H2,23,24,25,27)/t14-,15?,16?,17?,22?/m1/s1. The van der Waals surface area contributed by atoms with Gasteiger partial charge in [-0.3, -0.25) is 10.1 Å². The minimum absolute atomic E-state index is 0.112. The Balaban J connectivity index is 1.37. The second kappa shape index (κ2) is 7.42. The summed E-state index contributed by atoms with van der Waals surface area (Å²) in [7, 11) is 0. The van der Waals surface area contributed by atoms with Crippen molar-refractivity contribution < 1.29 is 9.53 Å². The molecule has 146 valence electrons. The lowest BCUT2D eigenvalue weighted by atomic mass is 9.53. The molecule has 1 amide bonds. The Morgan fingerprint density at radius 1 is 1.22 bits per heavy atom. The van der Waals surface area contributed by atoms with Gasteiger partial charge in [-0.15, -0.1) is 0 Å².